The number of rotatable bonds is 7. The van der Waals surface area contributed by atoms with Crippen LogP contribution < -0.4 is 4.74 Å². The van der Waals surface area contributed by atoms with Crippen LogP contribution in [-0.2, 0) is 6.42 Å². The number of ketones is 1. The third-order valence-corrected chi connectivity index (χ3v) is 7.78. The number of aliphatic hydroxyl groups is 1. The summed E-state index contributed by atoms with van der Waals surface area (Å²) in [7, 11) is 1.66. The molecule has 1 saturated heterocycles. The first-order valence-corrected chi connectivity index (χ1v) is 12.1. The number of hydrogen-bond donors (Lipinski definition) is 1. The fraction of sp³-hybridized carbons (Fsp3) is 0.367. The van der Waals surface area contributed by atoms with E-state index in [1.165, 1.54) is 5.56 Å². The predicted molar refractivity (Wildman–Crippen MR) is 135 cm³/mol. The summed E-state index contributed by atoms with van der Waals surface area (Å²) in [6.07, 6.45) is 2.31. The van der Waals surface area contributed by atoms with Gasteiger partial charge in [-0.25, -0.2) is 0 Å². The first-order chi connectivity index (χ1) is 16.4. The molecule has 3 atom stereocenters. The van der Waals surface area contributed by atoms with Crippen molar-refractivity contribution in [3.05, 3.63) is 90.0 Å². The molecular weight excluding hydrogens is 422 g/mol. The largest absolute Gasteiger partial charge is 0.497 e. The summed E-state index contributed by atoms with van der Waals surface area (Å²) in [4.78, 5) is 15.3. The first kappa shape index (κ1) is 22.8. The highest BCUT2D eigenvalue weighted by molar-refractivity contribution is 5.98. The van der Waals surface area contributed by atoms with Crippen LogP contribution in [-0.4, -0.2) is 48.1 Å². The highest BCUT2D eigenvalue weighted by Gasteiger charge is 2.55. The zero-order valence-corrected chi connectivity index (χ0v) is 20.0. The van der Waals surface area contributed by atoms with Crippen molar-refractivity contribution >= 4 is 5.78 Å². The number of Topliss-reactive ketones (excluding diaryl/α,β-unsaturated/α-hetero) is 1. The lowest BCUT2D eigenvalue weighted by Gasteiger charge is -2.29. The Labute approximate surface area is 202 Å². The van der Waals surface area contributed by atoms with Gasteiger partial charge in [0.1, 0.15) is 5.75 Å². The van der Waals surface area contributed by atoms with E-state index >= 15 is 0 Å². The molecule has 5 rings (SSSR count). The number of carbonyl (C=O) groups excluding carboxylic acids is 1. The number of ether oxygens (including phenoxy) is 1. The van der Waals surface area contributed by atoms with Crippen LogP contribution in [0.25, 0.3) is 11.1 Å². The van der Waals surface area contributed by atoms with E-state index < -0.39 is 5.60 Å². The summed E-state index contributed by atoms with van der Waals surface area (Å²) in [6.45, 7) is 4.47. The monoisotopic (exact) mass is 455 g/mol. The van der Waals surface area contributed by atoms with Crippen LogP contribution in [0.2, 0.25) is 0 Å². The molecule has 4 heteroatoms. The summed E-state index contributed by atoms with van der Waals surface area (Å²) in [5.41, 5.74) is 3.54. The molecule has 1 saturated carbocycles. The van der Waals surface area contributed by atoms with Gasteiger partial charge in [-0.3, -0.25) is 9.69 Å². The normalized spacial score (nSPS) is 26.4. The molecule has 0 amide bonds. The Kier molecular flexibility index (Phi) is 6.05. The second kappa shape index (κ2) is 9.01. The van der Waals surface area contributed by atoms with Gasteiger partial charge >= 0.3 is 0 Å². The SMILES string of the molecule is COc1ccc(-c2ccc(C(=O)CN3C[C@@H]4C[C@@](O)(Cc5ccccc5)C[C@]4(C)C3)cc2)cc1. The third-order valence-electron chi connectivity index (χ3n) is 7.78. The number of benzene rings is 3. The lowest BCUT2D eigenvalue weighted by Crippen LogP contribution is -2.35. The van der Waals surface area contributed by atoms with E-state index in [-0.39, 0.29) is 11.2 Å². The van der Waals surface area contributed by atoms with E-state index in [1.807, 2.05) is 66.7 Å². The fourth-order valence-corrected chi connectivity index (χ4v) is 6.19. The molecule has 3 aromatic rings. The van der Waals surface area contributed by atoms with Crippen molar-refractivity contribution in [2.24, 2.45) is 11.3 Å². The van der Waals surface area contributed by atoms with E-state index in [0.717, 1.165) is 48.4 Å². The van der Waals surface area contributed by atoms with Crippen LogP contribution >= 0.6 is 0 Å². The Morgan fingerprint density at radius 3 is 2.26 bits per heavy atom. The lowest BCUT2D eigenvalue weighted by atomic mass is 9.82. The van der Waals surface area contributed by atoms with Gasteiger partial charge in [-0.1, -0.05) is 73.7 Å². The van der Waals surface area contributed by atoms with Gasteiger partial charge < -0.3 is 9.84 Å². The maximum Gasteiger partial charge on any atom is 0.176 e. The van der Waals surface area contributed by atoms with Gasteiger partial charge in [0.05, 0.1) is 19.3 Å². The van der Waals surface area contributed by atoms with E-state index in [4.69, 9.17) is 4.74 Å². The van der Waals surface area contributed by atoms with Crippen LogP contribution in [0, 0.1) is 11.3 Å². The Morgan fingerprint density at radius 1 is 1.00 bits per heavy atom. The zero-order chi connectivity index (χ0) is 23.8. The van der Waals surface area contributed by atoms with Crippen LogP contribution in [0.15, 0.2) is 78.9 Å². The molecule has 1 heterocycles. The number of methoxy groups -OCH3 is 1. The molecule has 2 aliphatic rings. The second-order valence-electron chi connectivity index (χ2n) is 10.5. The molecule has 0 bridgehead atoms. The minimum Gasteiger partial charge on any atom is -0.497 e. The summed E-state index contributed by atoms with van der Waals surface area (Å²) in [5, 5.41) is 11.3. The zero-order valence-electron chi connectivity index (χ0n) is 20.0. The molecule has 4 nitrogen and oxygen atoms in total. The highest BCUT2D eigenvalue weighted by Crippen LogP contribution is 2.53. The van der Waals surface area contributed by atoms with Gasteiger partial charge in [-0.2, -0.15) is 0 Å². The van der Waals surface area contributed by atoms with Crippen LogP contribution in [0.5, 0.6) is 5.75 Å². The molecule has 3 aromatic carbocycles. The summed E-state index contributed by atoms with van der Waals surface area (Å²) in [5.74, 6) is 1.41. The number of nitrogens with zero attached hydrogens (tertiary/aromatic N) is 1. The standard InChI is InChI=1S/C30H33NO3/c1-29-20-30(33,16-22-6-4-3-5-7-22)17-26(29)18-31(21-29)19-28(32)25-10-8-23(9-11-25)24-12-14-27(34-2)15-13-24/h3-15,26,33H,16-21H2,1-2H3/t26-,29+,30-/m0/s1. The van der Waals surface area contributed by atoms with Crippen molar-refractivity contribution < 1.29 is 14.6 Å². The molecule has 1 aliphatic heterocycles. The summed E-state index contributed by atoms with van der Waals surface area (Å²) < 4.78 is 5.23. The molecule has 2 fully saturated rings. The molecular formula is C30H33NO3. The average molecular weight is 456 g/mol. The highest BCUT2D eigenvalue weighted by atomic mass is 16.5. The van der Waals surface area contributed by atoms with Gasteiger partial charge in [-0.15, -0.1) is 0 Å². The van der Waals surface area contributed by atoms with Crippen molar-refractivity contribution in [2.45, 2.75) is 31.8 Å². The molecule has 1 aliphatic carbocycles. The fourth-order valence-electron chi connectivity index (χ4n) is 6.19. The smallest absolute Gasteiger partial charge is 0.176 e. The van der Waals surface area contributed by atoms with E-state index in [0.29, 0.717) is 18.9 Å². The maximum absolute atomic E-state index is 13.0. The Morgan fingerprint density at radius 2 is 1.65 bits per heavy atom. The predicted octanol–water partition coefficient (Wildman–Crippen LogP) is 5.25. The van der Waals surface area contributed by atoms with Crippen molar-refractivity contribution in [1.29, 1.82) is 0 Å². The van der Waals surface area contributed by atoms with Crippen molar-refractivity contribution in [3.63, 3.8) is 0 Å². The Bertz CT molecular complexity index is 1140. The van der Waals surface area contributed by atoms with Crippen molar-refractivity contribution in [2.75, 3.05) is 26.7 Å². The first-order valence-electron chi connectivity index (χ1n) is 12.1. The van der Waals surface area contributed by atoms with Crippen LogP contribution in [0.4, 0.5) is 0 Å². The van der Waals surface area contributed by atoms with E-state index in [2.05, 4.69) is 24.0 Å². The molecule has 176 valence electrons. The van der Waals surface area contributed by atoms with E-state index in [9.17, 15) is 9.90 Å². The van der Waals surface area contributed by atoms with Crippen LogP contribution in [0.3, 0.4) is 0 Å². The second-order valence-corrected chi connectivity index (χ2v) is 10.5. The molecule has 0 radical (unpaired) electrons. The molecule has 34 heavy (non-hydrogen) atoms. The minimum atomic E-state index is -0.645. The minimum absolute atomic E-state index is 0.0576. The van der Waals surface area contributed by atoms with Gasteiger partial charge in [0, 0.05) is 25.1 Å². The molecule has 0 unspecified atom stereocenters. The Balaban J connectivity index is 1.19. The molecule has 1 N–H and O–H groups in total. The molecule has 0 spiro atoms. The average Bonchev–Trinajstić information content (AvgIpc) is 3.25. The quantitative estimate of drug-likeness (QED) is 0.495. The van der Waals surface area contributed by atoms with E-state index in [1.54, 1.807) is 7.11 Å². The lowest BCUT2D eigenvalue weighted by molar-refractivity contribution is 0.0291. The summed E-state index contributed by atoms with van der Waals surface area (Å²) in [6, 6.07) is 26.1. The topological polar surface area (TPSA) is 49.8 Å². The van der Waals surface area contributed by atoms with Crippen LogP contribution in [0.1, 0.15) is 35.7 Å². The van der Waals surface area contributed by atoms with Gasteiger partial charge in [-0.05, 0) is 53.0 Å². The van der Waals surface area contributed by atoms with Gasteiger partial charge in [0.25, 0.3) is 0 Å². The van der Waals surface area contributed by atoms with Crippen molar-refractivity contribution in [1.82, 2.24) is 4.90 Å². The number of hydrogen-bond acceptors (Lipinski definition) is 4. The third kappa shape index (κ3) is 4.66. The number of likely N-dealkylation sites (tertiary alicyclic amines) is 1. The van der Waals surface area contributed by atoms with Crippen molar-refractivity contribution in [3.8, 4) is 16.9 Å². The molecule has 0 aromatic heterocycles. The Hall–Kier alpha value is -2.95. The maximum atomic E-state index is 13.0. The number of carbonyl (C=O) groups is 1. The van der Waals surface area contributed by atoms with Gasteiger partial charge in [0.15, 0.2) is 5.78 Å². The summed E-state index contributed by atoms with van der Waals surface area (Å²) >= 11 is 0. The van der Waals surface area contributed by atoms with Gasteiger partial charge in [0.2, 0.25) is 0 Å². The number of fused-ring (bicyclic) bond motifs is 1.